The summed E-state index contributed by atoms with van der Waals surface area (Å²) >= 11 is 0. The van der Waals surface area contributed by atoms with Crippen LogP contribution in [0.5, 0.6) is 0 Å². The average Bonchev–Trinajstić information content (AvgIpc) is 3.03. The molecule has 0 N–H and O–H groups in total. The summed E-state index contributed by atoms with van der Waals surface area (Å²) in [6.45, 7) is 8.70. The van der Waals surface area contributed by atoms with Crippen molar-refractivity contribution in [2.45, 2.75) is 71.5 Å². The Labute approximate surface area is 149 Å². The zero-order valence-electron chi connectivity index (χ0n) is 15.5. The molecule has 2 aromatic rings. The number of tetrazole rings is 1. The number of piperidine rings is 1. The van der Waals surface area contributed by atoms with Gasteiger partial charge in [-0.1, -0.05) is 38.1 Å². The summed E-state index contributed by atoms with van der Waals surface area (Å²) in [6.07, 6.45) is 3.31. The molecule has 1 aromatic heterocycles. The first kappa shape index (κ1) is 17.6. The fourth-order valence-electron chi connectivity index (χ4n) is 3.56. The van der Waals surface area contributed by atoms with Gasteiger partial charge in [-0.05, 0) is 49.8 Å². The molecular formula is C19H27N5O. The van der Waals surface area contributed by atoms with Crippen LogP contribution in [0, 0.1) is 0 Å². The highest BCUT2D eigenvalue weighted by Gasteiger charge is 2.29. The van der Waals surface area contributed by atoms with Crippen molar-refractivity contribution in [3.05, 3.63) is 29.8 Å². The Morgan fingerprint density at radius 2 is 1.80 bits per heavy atom. The van der Waals surface area contributed by atoms with Crippen molar-refractivity contribution >= 4 is 5.91 Å². The Morgan fingerprint density at radius 1 is 1.16 bits per heavy atom. The van der Waals surface area contributed by atoms with Crippen LogP contribution in [0.1, 0.15) is 58.4 Å². The van der Waals surface area contributed by atoms with Crippen molar-refractivity contribution in [1.29, 1.82) is 0 Å². The van der Waals surface area contributed by atoms with Gasteiger partial charge in [0.25, 0.3) is 0 Å². The van der Waals surface area contributed by atoms with Gasteiger partial charge in [0, 0.05) is 17.6 Å². The summed E-state index contributed by atoms with van der Waals surface area (Å²) in [4.78, 5) is 16.0. The monoisotopic (exact) mass is 341 g/mol. The highest BCUT2D eigenvalue weighted by molar-refractivity contribution is 5.76. The molecule has 6 heteroatoms. The van der Waals surface area contributed by atoms with Gasteiger partial charge in [-0.25, -0.2) is 0 Å². The lowest BCUT2D eigenvalue weighted by molar-refractivity contribution is -0.138. The molecule has 6 nitrogen and oxygen atoms in total. The van der Waals surface area contributed by atoms with Gasteiger partial charge < -0.3 is 4.90 Å². The Morgan fingerprint density at radius 3 is 2.40 bits per heavy atom. The van der Waals surface area contributed by atoms with Gasteiger partial charge in [0.05, 0.1) is 0 Å². The van der Waals surface area contributed by atoms with Gasteiger partial charge >= 0.3 is 0 Å². The number of hydrogen-bond donors (Lipinski definition) is 0. The van der Waals surface area contributed by atoms with Crippen LogP contribution in [0.15, 0.2) is 24.3 Å². The summed E-state index contributed by atoms with van der Waals surface area (Å²) in [5.74, 6) is 1.12. The Kier molecular flexibility index (Phi) is 5.16. The molecule has 1 amide bonds. The Balaban J connectivity index is 1.70. The van der Waals surface area contributed by atoms with E-state index in [9.17, 15) is 4.79 Å². The first-order valence-electron chi connectivity index (χ1n) is 9.15. The van der Waals surface area contributed by atoms with Crippen LogP contribution in [-0.2, 0) is 11.3 Å². The third-order valence-corrected chi connectivity index (χ3v) is 5.05. The van der Waals surface area contributed by atoms with Crippen LogP contribution >= 0.6 is 0 Å². The van der Waals surface area contributed by atoms with Crippen LogP contribution < -0.4 is 0 Å². The Bertz CT molecular complexity index is 712. The van der Waals surface area contributed by atoms with E-state index in [1.165, 1.54) is 16.8 Å². The fourth-order valence-corrected chi connectivity index (χ4v) is 3.56. The second-order valence-corrected chi connectivity index (χ2v) is 7.35. The minimum absolute atomic E-state index is 0.0683. The maximum atomic E-state index is 12.7. The number of carbonyl (C=O) groups is 1. The number of amides is 1. The van der Waals surface area contributed by atoms with Gasteiger partial charge in [0.2, 0.25) is 11.7 Å². The van der Waals surface area contributed by atoms with Gasteiger partial charge in [0.15, 0.2) is 0 Å². The number of aromatic nitrogens is 4. The van der Waals surface area contributed by atoms with Crippen LogP contribution in [0.4, 0.5) is 0 Å². The molecule has 0 saturated carbocycles. The SMILES string of the molecule is CC(C)c1ccc(-c2nnn(CC(=O)N3[C@H](C)CCC[C@H]3C)n2)cc1. The second kappa shape index (κ2) is 7.33. The minimum Gasteiger partial charge on any atom is -0.336 e. The number of likely N-dealkylation sites (tertiary alicyclic amines) is 1. The molecule has 0 radical (unpaired) electrons. The van der Waals surface area contributed by atoms with Crippen LogP contribution in [0.2, 0.25) is 0 Å². The number of rotatable bonds is 4. The van der Waals surface area contributed by atoms with Crippen LogP contribution in [-0.4, -0.2) is 43.1 Å². The maximum absolute atomic E-state index is 12.7. The lowest BCUT2D eigenvalue weighted by atomic mass is 9.97. The normalized spacial score (nSPS) is 20.9. The van der Waals surface area contributed by atoms with Crippen LogP contribution in [0.3, 0.4) is 0 Å². The van der Waals surface area contributed by atoms with Crippen molar-refractivity contribution in [3.63, 3.8) is 0 Å². The van der Waals surface area contributed by atoms with Crippen LogP contribution in [0.25, 0.3) is 11.4 Å². The summed E-state index contributed by atoms with van der Waals surface area (Å²) in [5.41, 5.74) is 2.20. The van der Waals surface area contributed by atoms with Crippen molar-refractivity contribution in [2.75, 3.05) is 0 Å². The maximum Gasteiger partial charge on any atom is 0.246 e. The lowest BCUT2D eigenvalue weighted by Gasteiger charge is -2.38. The van der Waals surface area contributed by atoms with E-state index in [-0.39, 0.29) is 24.5 Å². The van der Waals surface area contributed by atoms with Crippen molar-refractivity contribution in [3.8, 4) is 11.4 Å². The smallest absolute Gasteiger partial charge is 0.246 e. The third-order valence-electron chi connectivity index (χ3n) is 5.05. The number of nitrogens with zero attached hydrogens (tertiary/aromatic N) is 5. The molecule has 0 bridgehead atoms. The zero-order chi connectivity index (χ0) is 18.0. The van der Waals surface area contributed by atoms with Crippen molar-refractivity contribution < 1.29 is 4.79 Å². The minimum atomic E-state index is 0.0683. The van der Waals surface area contributed by atoms with E-state index in [1.807, 2.05) is 17.0 Å². The molecule has 0 aliphatic carbocycles. The summed E-state index contributed by atoms with van der Waals surface area (Å²) in [7, 11) is 0. The summed E-state index contributed by atoms with van der Waals surface area (Å²) < 4.78 is 0. The van der Waals surface area contributed by atoms with E-state index in [2.05, 4.69) is 55.2 Å². The first-order valence-corrected chi connectivity index (χ1v) is 9.15. The van der Waals surface area contributed by atoms with E-state index in [0.717, 1.165) is 18.4 Å². The molecule has 1 aliphatic heterocycles. The molecule has 2 heterocycles. The fraction of sp³-hybridized carbons (Fsp3) is 0.579. The molecule has 25 heavy (non-hydrogen) atoms. The molecule has 1 aromatic carbocycles. The van der Waals surface area contributed by atoms with Gasteiger partial charge in [0.1, 0.15) is 6.54 Å². The van der Waals surface area contributed by atoms with Crippen molar-refractivity contribution in [2.24, 2.45) is 0 Å². The third kappa shape index (κ3) is 3.89. The predicted molar refractivity (Wildman–Crippen MR) is 97.0 cm³/mol. The molecule has 1 saturated heterocycles. The average molecular weight is 341 g/mol. The number of benzene rings is 1. The molecule has 134 valence electrons. The molecule has 0 spiro atoms. The predicted octanol–water partition coefficient (Wildman–Crippen LogP) is 3.25. The summed E-state index contributed by atoms with van der Waals surface area (Å²) in [6, 6.07) is 8.75. The van der Waals surface area contributed by atoms with E-state index in [0.29, 0.717) is 11.7 Å². The van der Waals surface area contributed by atoms with Gasteiger partial charge in [-0.3, -0.25) is 4.79 Å². The molecule has 1 fully saturated rings. The number of hydrogen-bond acceptors (Lipinski definition) is 4. The standard InChI is InChI=1S/C19H27N5O/c1-13(2)16-8-10-17(11-9-16)19-20-22-23(21-19)12-18(25)24-14(3)6-5-7-15(24)4/h8-11,13-15H,5-7,12H2,1-4H3/t14-,15-/m1/s1. The Hall–Kier alpha value is -2.24. The van der Waals surface area contributed by atoms with Crippen molar-refractivity contribution in [1.82, 2.24) is 25.1 Å². The van der Waals surface area contributed by atoms with E-state index >= 15 is 0 Å². The molecule has 2 atom stereocenters. The summed E-state index contributed by atoms with van der Waals surface area (Å²) in [5, 5.41) is 12.6. The molecule has 3 rings (SSSR count). The van der Waals surface area contributed by atoms with Gasteiger partial charge in [-0.2, -0.15) is 4.80 Å². The molecule has 1 aliphatic rings. The first-order chi connectivity index (χ1) is 12.0. The largest absolute Gasteiger partial charge is 0.336 e. The van der Waals surface area contributed by atoms with E-state index in [4.69, 9.17) is 0 Å². The topological polar surface area (TPSA) is 63.9 Å². The number of carbonyl (C=O) groups excluding carboxylic acids is 1. The second-order valence-electron chi connectivity index (χ2n) is 7.35. The highest BCUT2D eigenvalue weighted by Crippen LogP contribution is 2.23. The molecule has 0 unspecified atom stereocenters. The molecular weight excluding hydrogens is 314 g/mol. The highest BCUT2D eigenvalue weighted by atomic mass is 16.2. The lowest BCUT2D eigenvalue weighted by Crippen LogP contribution is -2.48. The quantitative estimate of drug-likeness (QED) is 0.856. The van der Waals surface area contributed by atoms with Gasteiger partial charge in [-0.15, -0.1) is 10.2 Å². The zero-order valence-corrected chi connectivity index (χ0v) is 15.5. The van der Waals surface area contributed by atoms with E-state index in [1.54, 1.807) is 0 Å². The van der Waals surface area contributed by atoms with E-state index < -0.39 is 0 Å².